The molecule has 2 aliphatic heterocycles. The van der Waals surface area contributed by atoms with Gasteiger partial charge in [-0.3, -0.25) is 10.2 Å². The molecule has 1 atom stereocenters. The van der Waals surface area contributed by atoms with Crippen LogP contribution in [0.2, 0.25) is 0 Å². The normalized spacial score (nSPS) is 27.0. The second kappa shape index (κ2) is 7.11. The Kier molecular flexibility index (Phi) is 4.92. The molecule has 2 aliphatic rings. The Labute approximate surface area is 141 Å². The second-order valence-electron chi connectivity index (χ2n) is 6.58. The average molecular weight is 332 g/mol. The molecule has 0 aromatic heterocycles. The van der Waals surface area contributed by atoms with Crippen LogP contribution in [0.3, 0.4) is 0 Å². The lowest BCUT2D eigenvalue weighted by Gasteiger charge is -2.26. The van der Waals surface area contributed by atoms with Crippen LogP contribution in [-0.2, 0) is 14.3 Å². The number of hydrogen-bond donors (Lipinski definition) is 4. The van der Waals surface area contributed by atoms with Gasteiger partial charge in [0.2, 0.25) is 0 Å². The predicted molar refractivity (Wildman–Crippen MR) is 88.7 cm³/mol. The Morgan fingerprint density at radius 1 is 1.29 bits per heavy atom. The summed E-state index contributed by atoms with van der Waals surface area (Å²) in [6.45, 7) is 4.76. The lowest BCUT2D eigenvalue weighted by molar-refractivity contribution is -0.999. The van der Waals surface area contributed by atoms with Gasteiger partial charge in [0.05, 0.1) is 13.0 Å². The van der Waals surface area contributed by atoms with Crippen LogP contribution in [0.15, 0.2) is 24.3 Å². The van der Waals surface area contributed by atoms with E-state index in [1.807, 2.05) is 24.3 Å². The van der Waals surface area contributed by atoms with Crippen molar-refractivity contribution in [3.63, 3.8) is 0 Å². The Hall–Kier alpha value is -2.25. The minimum atomic E-state index is -0.578. The standard InChI is InChI=1S/C17H22N4O3/c1-20-6-8-21(9-7-20)10-15(22)19-14-5-3-2-4-12(14)13-11-24-17(23)16(13)18/h2-5,13,18H,6-11H2,1H3,(H,19,22)/p+2/t13-/m1/s1. The number of hydrogen-bond acceptors (Lipinski definition) is 4. The Morgan fingerprint density at radius 3 is 2.67 bits per heavy atom. The number of benzene rings is 1. The van der Waals surface area contributed by atoms with Gasteiger partial charge < -0.3 is 19.9 Å². The number of rotatable bonds is 4. The van der Waals surface area contributed by atoms with Crippen LogP contribution in [-0.4, -0.2) is 64.0 Å². The van der Waals surface area contributed by atoms with E-state index in [1.54, 1.807) is 0 Å². The summed E-state index contributed by atoms with van der Waals surface area (Å²) in [5.41, 5.74) is 1.37. The lowest BCUT2D eigenvalue weighted by Crippen LogP contribution is -3.27. The molecule has 2 saturated heterocycles. The van der Waals surface area contributed by atoms with Gasteiger partial charge in [0.15, 0.2) is 6.54 Å². The number of carbonyl (C=O) groups excluding carboxylic acids is 2. The number of piperazine rings is 1. The summed E-state index contributed by atoms with van der Waals surface area (Å²) in [5, 5.41) is 10.8. The maximum absolute atomic E-state index is 12.4. The minimum absolute atomic E-state index is 0.0335. The molecule has 1 aromatic rings. The number of cyclic esters (lactones) is 1. The van der Waals surface area contributed by atoms with Gasteiger partial charge in [-0.05, 0) is 11.6 Å². The van der Waals surface area contributed by atoms with Gasteiger partial charge in [0, 0.05) is 5.69 Å². The van der Waals surface area contributed by atoms with E-state index in [4.69, 9.17) is 10.1 Å². The fraction of sp³-hybridized carbons (Fsp3) is 0.471. The number of quaternary nitrogens is 2. The second-order valence-corrected chi connectivity index (χ2v) is 6.58. The van der Waals surface area contributed by atoms with Crippen LogP contribution in [0.4, 0.5) is 5.69 Å². The monoisotopic (exact) mass is 332 g/mol. The number of anilines is 1. The highest BCUT2D eigenvalue weighted by Gasteiger charge is 2.34. The van der Waals surface area contributed by atoms with E-state index < -0.39 is 11.9 Å². The molecule has 2 heterocycles. The summed E-state index contributed by atoms with van der Waals surface area (Å²) < 4.78 is 4.94. The van der Waals surface area contributed by atoms with Gasteiger partial charge in [-0.1, -0.05) is 18.2 Å². The van der Waals surface area contributed by atoms with Crippen molar-refractivity contribution in [1.82, 2.24) is 0 Å². The first-order valence-corrected chi connectivity index (χ1v) is 8.34. The zero-order valence-corrected chi connectivity index (χ0v) is 13.9. The summed E-state index contributed by atoms with van der Waals surface area (Å²) in [5.74, 6) is -1.02. The maximum atomic E-state index is 12.4. The van der Waals surface area contributed by atoms with E-state index in [-0.39, 0.29) is 18.2 Å². The molecular formula is C17H24N4O3+2. The largest absolute Gasteiger partial charge is 0.460 e. The Bertz CT molecular complexity index is 653. The molecule has 1 amide bonds. The lowest BCUT2D eigenvalue weighted by atomic mass is 9.95. The van der Waals surface area contributed by atoms with Gasteiger partial charge in [0.25, 0.3) is 5.91 Å². The van der Waals surface area contributed by atoms with E-state index in [2.05, 4.69) is 12.4 Å². The summed E-state index contributed by atoms with van der Waals surface area (Å²) in [7, 11) is 2.17. The molecule has 24 heavy (non-hydrogen) atoms. The molecule has 7 heteroatoms. The van der Waals surface area contributed by atoms with Crippen molar-refractivity contribution in [3.05, 3.63) is 29.8 Å². The molecule has 3 rings (SSSR count). The van der Waals surface area contributed by atoms with Crippen LogP contribution in [0, 0.1) is 5.41 Å². The molecule has 0 radical (unpaired) electrons. The van der Waals surface area contributed by atoms with Crippen molar-refractivity contribution in [2.24, 2.45) is 0 Å². The molecule has 0 unspecified atom stereocenters. The van der Waals surface area contributed by atoms with Crippen LogP contribution in [0.5, 0.6) is 0 Å². The highest BCUT2D eigenvalue weighted by atomic mass is 16.5. The van der Waals surface area contributed by atoms with Crippen LogP contribution in [0.25, 0.3) is 0 Å². The molecule has 7 nitrogen and oxygen atoms in total. The number of likely N-dealkylation sites (N-methyl/N-ethyl adjacent to an activating group) is 1. The number of amides is 1. The zero-order chi connectivity index (χ0) is 17.1. The molecule has 0 spiro atoms. The fourth-order valence-corrected chi connectivity index (χ4v) is 3.25. The summed E-state index contributed by atoms with van der Waals surface area (Å²) in [6.07, 6.45) is 0. The number of carbonyl (C=O) groups is 2. The highest BCUT2D eigenvalue weighted by Crippen LogP contribution is 2.29. The number of para-hydroxylation sites is 1. The molecule has 0 bridgehead atoms. The van der Waals surface area contributed by atoms with Crippen molar-refractivity contribution in [1.29, 1.82) is 5.41 Å². The van der Waals surface area contributed by atoms with E-state index >= 15 is 0 Å². The van der Waals surface area contributed by atoms with Crippen molar-refractivity contribution in [3.8, 4) is 0 Å². The van der Waals surface area contributed by atoms with Crippen LogP contribution < -0.4 is 15.1 Å². The molecule has 1 aromatic carbocycles. The van der Waals surface area contributed by atoms with Crippen molar-refractivity contribution < 1.29 is 24.1 Å². The Balaban J connectivity index is 1.66. The molecule has 2 fully saturated rings. The first-order chi connectivity index (χ1) is 11.5. The van der Waals surface area contributed by atoms with Gasteiger partial charge in [-0.25, -0.2) is 4.79 Å². The van der Waals surface area contributed by atoms with Crippen molar-refractivity contribution in [2.75, 3.05) is 51.7 Å². The summed E-state index contributed by atoms with van der Waals surface area (Å²) >= 11 is 0. The summed E-state index contributed by atoms with van der Waals surface area (Å²) in [6, 6.07) is 7.33. The van der Waals surface area contributed by atoms with Gasteiger partial charge in [0.1, 0.15) is 38.5 Å². The van der Waals surface area contributed by atoms with E-state index in [0.717, 1.165) is 31.7 Å². The third kappa shape index (κ3) is 3.63. The Morgan fingerprint density at radius 2 is 2.00 bits per heavy atom. The van der Waals surface area contributed by atoms with Crippen molar-refractivity contribution in [2.45, 2.75) is 5.92 Å². The number of ether oxygens (including phenoxy) is 1. The number of esters is 1. The SMILES string of the molecule is C[NH+]1CC[NH+](CC(=O)Nc2ccccc2[C@H]2COC(=O)C2=N)CC1. The molecule has 0 aliphatic carbocycles. The average Bonchev–Trinajstić information content (AvgIpc) is 2.90. The first kappa shape index (κ1) is 16.6. The quantitative estimate of drug-likeness (QED) is 0.468. The van der Waals surface area contributed by atoms with E-state index in [0.29, 0.717) is 12.2 Å². The van der Waals surface area contributed by atoms with Gasteiger partial charge in [-0.15, -0.1) is 0 Å². The third-order valence-electron chi connectivity index (χ3n) is 4.78. The number of nitrogens with one attached hydrogen (secondary N) is 4. The smallest absolute Gasteiger partial charge is 0.352 e. The molecular weight excluding hydrogens is 308 g/mol. The topological polar surface area (TPSA) is 88.1 Å². The molecule has 0 saturated carbocycles. The predicted octanol–water partition coefficient (Wildman–Crippen LogP) is -2.30. The molecule has 128 valence electrons. The maximum Gasteiger partial charge on any atom is 0.352 e. The molecule has 4 N–H and O–H groups in total. The van der Waals surface area contributed by atoms with Crippen molar-refractivity contribution >= 4 is 23.3 Å². The minimum Gasteiger partial charge on any atom is -0.460 e. The third-order valence-corrected chi connectivity index (χ3v) is 4.78. The van der Waals surface area contributed by atoms with Crippen LogP contribution in [0.1, 0.15) is 11.5 Å². The zero-order valence-electron chi connectivity index (χ0n) is 13.9. The summed E-state index contributed by atoms with van der Waals surface area (Å²) in [4.78, 5) is 26.6. The van der Waals surface area contributed by atoms with E-state index in [1.165, 1.54) is 9.80 Å². The van der Waals surface area contributed by atoms with Crippen LogP contribution >= 0.6 is 0 Å². The first-order valence-electron chi connectivity index (χ1n) is 8.34. The fourth-order valence-electron chi connectivity index (χ4n) is 3.25. The van der Waals surface area contributed by atoms with Gasteiger partial charge >= 0.3 is 5.97 Å². The van der Waals surface area contributed by atoms with Gasteiger partial charge in [-0.2, -0.15) is 0 Å². The highest BCUT2D eigenvalue weighted by molar-refractivity contribution is 6.39. The van der Waals surface area contributed by atoms with E-state index in [9.17, 15) is 9.59 Å².